The van der Waals surface area contributed by atoms with Gasteiger partial charge in [0.05, 0.1) is 17.1 Å². The van der Waals surface area contributed by atoms with Gasteiger partial charge in [0, 0.05) is 11.8 Å². The third kappa shape index (κ3) is 5.15. The minimum absolute atomic E-state index is 0.114. The largest absolute Gasteiger partial charge is 0.393 e. The molecule has 6 nitrogen and oxygen atoms in total. The second kappa shape index (κ2) is 11.4. The minimum Gasteiger partial charge on any atom is -0.393 e. The van der Waals surface area contributed by atoms with E-state index in [1.807, 2.05) is 18.2 Å². The molecule has 0 spiro atoms. The lowest BCUT2D eigenvalue weighted by Gasteiger charge is -2.64. The number of carbonyl (C=O) groups excluding carboxylic acids is 1. The molecule has 4 aliphatic carbocycles. The van der Waals surface area contributed by atoms with Crippen molar-refractivity contribution in [1.82, 2.24) is 4.72 Å². The smallest absolute Gasteiger partial charge is 0.264 e. The molecule has 0 aliphatic heterocycles. The van der Waals surface area contributed by atoms with Gasteiger partial charge in [-0.15, -0.1) is 0 Å². The zero-order valence-electron chi connectivity index (χ0n) is 26.3. The van der Waals surface area contributed by atoms with Gasteiger partial charge in [-0.2, -0.15) is 0 Å². The molecule has 0 bridgehead atoms. The van der Waals surface area contributed by atoms with Gasteiger partial charge in [-0.1, -0.05) is 70.5 Å². The van der Waals surface area contributed by atoms with Gasteiger partial charge in [0.25, 0.3) is 10.0 Å². The molecule has 4 aliphatic rings. The van der Waals surface area contributed by atoms with Crippen LogP contribution in [0.1, 0.15) is 91.9 Å². The van der Waals surface area contributed by atoms with E-state index in [9.17, 15) is 23.4 Å². The molecule has 11 atom stereocenters. The average Bonchev–Trinajstić information content (AvgIpc) is 3.33. The van der Waals surface area contributed by atoms with Crippen LogP contribution in [0.4, 0.5) is 0 Å². The Balaban J connectivity index is 1.14. The van der Waals surface area contributed by atoms with Crippen LogP contribution in [0.15, 0.2) is 47.4 Å². The Labute approximate surface area is 258 Å². The number of hydrogen-bond acceptors (Lipinski definition) is 5. The van der Waals surface area contributed by atoms with E-state index in [0.29, 0.717) is 41.4 Å². The normalized spacial score (nSPS) is 39.9. The molecule has 1 amide bonds. The third-order valence-corrected chi connectivity index (χ3v) is 14.7. The number of amides is 1. The average molecular weight is 610 g/mol. The highest BCUT2D eigenvalue weighted by atomic mass is 32.2. The summed E-state index contributed by atoms with van der Waals surface area (Å²) in [5, 5.41) is 23.9. The molecule has 3 N–H and O–H groups in total. The maximum absolute atomic E-state index is 13.2. The molecule has 0 saturated heterocycles. The first-order valence-corrected chi connectivity index (χ1v) is 18.3. The van der Waals surface area contributed by atoms with E-state index in [-0.39, 0.29) is 46.2 Å². The van der Waals surface area contributed by atoms with Crippen LogP contribution < -0.4 is 4.72 Å². The molecule has 2 aromatic carbocycles. The zero-order valence-corrected chi connectivity index (χ0v) is 27.2. The third-order valence-electron chi connectivity index (χ3n) is 13.3. The van der Waals surface area contributed by atoms with Crippen LogP contribution in [-0.4, -0.2) is 36.7 Å². The van der Waals surface area contributed by atoms with Crippen molar-refractivity contribution < 1.29 is 23.4 Å². The van der Waals surface area contributed by atoms with Crippen molar-refractivity contribution in [3.05, 3.63) is 42.5 Å². The number of nitrogens with one attached hydrogen (secondary N) is 1. The fourth-order valence-corrected chi connectivity index (χ4v) is 12.4. The van der Waals surface area contributed by atoms with E-state index in [0.717, 1.165) is 56.8 Å². The predicted octanol–water partition coefficient (Wildman–Crippen LogP) is 6.69. The van der Waals surface area contributed by atoms with Crippen molar-refractivity contribution in [2.75, 3.05) is 0 Å². The van der Waals surface area contributed by atoms with Crippen LogP contribution >= 0.6 is 0 Å². The van der Waals surface area contributed by atoms with Crippen LogP contribution in [-0.2, 0) is 14.8 Å². The van der Waals surface area contributed by atoms with E-state index in [2.05, 4.69) is 32.4 Å². The lowest BCUT2D eigenvalue weighted by molar-refractivity contribution is -0.203. The molecule has 4 saturated carbocycles. The predicted molar refractivity (Wildman–Crippen MR) is 169 cm³/mol. The molecule has 4 unspecified atom stereocenters. The van der Waals surface area contributed by atoms with Gasteiger partial charge in [-0.3, -0.25) is 4.79 Å². The van der Waals surface area contributed by atoms with Crippen LogP contribution in [0.5, 0.6) is 0 Å². The van der Waals surface area contributed by atoms with Gasteiger partial charge in [-0.05, 0) is 115 Å². The standard InChI is InChI=1S/C36H51NO5S/c1-5-25-30-21-24(38)17-19-36(30,4)29-18-20-35(3)27(14-15-28(35)33(29)34(25)40)22(2)13-16-32(39)37-43(41,42)31-12-8-10-23-9-6-7-11-26(23)31/h6-12,22,24-25,27-30,33-34,38,40H,5,13-21H2,1-4H3,(H,37,39)/t22-,24-,25-,27?,28+,29+,30?,33+,34-,35?,36?/m1/s1. The summed E-state index contributed by atoms with van der Waals surface area (Å²) in [7, 11) is -3.97. The van der Waals surface area contributed by atoms with Crippen molar-refractivity contribution in [2.24, 2.45) is 52.3 Å². The van der Waals surface area contributed by atoms with Gasteiger partial charge < -0.3 is 10.2 Å². The fourth-order valence-electron chi connectivity index (χ4n) is 11.2. The van der Waals surface area contributed by atoms with Crippen molar-refractivity contribution in [3.8, 4) is 0 Å². The second-order valence-electron chi connectivity index (χ2n) is 15.1. The highest BCUT2D eigenvalue weighted by Gasteiger charge is 2.64. The highest BCUT2D eigenvalue weighted by molar-refractivity contribution is 7.90. The van der Waals surface area contributed by atoms with E-state index in [1.54, 1.807) is 24.3 Å². The van der Waals surface area contributed by atoms with Gasteiger partial charge in [0.15, 0.2) is 0 Å². The summed E-state index contributed by atoms with van der Waals surface area (Å²) in [6.07, 6.45) is 8.48. The Hall–Kier alpha value is -1.96. The number of sulfonamides is 1. The summed E-state index contributed by atoms with van der Waals surface area (Å²) < 4.78 is 28.7. The lowest BCUT2D eigenvalue weighted by Crippen LogP contribution is -2.62. The summed E-state index contributed by atoms with van der Waals surface area (Å²) in [6.45, 7) is 9.36. The van der Waals surface area contributed by atoms with Crippen molar-refractivity contribution in [2.45, 2.75) is 109 Å². The molecule has 4 fully saturated rings. The summed E-state index contributed by atoms with van der Waals surface area (Å²) in [5.74, 6) is 2.18. The quantitative estimate of drug-likeness (QED) is 0.325. The van der Waals surface area contributed by atoms with Gasteiger partial charge >= 0.3 is 0 Å². The highest BCUT2D eigenvalue weighted by Crippen LogP contribution is 2.69. The number of rotatable bonds is 7. The maximum atomic E-state index is 13.2. The Bertz CT molecular complexity index is 1450. The zero-order chi connectivity index (χ0) is 30.7. The van der Waals surface area contributed by atoms with Crippen LogP contribution in [0.25, 0.3) is 10.8 Å². The Kier molecular flexibility index (Phi) is 8.26. The first kappa shape index (κ1) is 31.0. The Morgan fingerprint density at radius 1 is 0.953 bits per heavy atom. The molecule has 0 radical (unpaired) electrons. The molecule has 236 valence electrons. The summed E-state index contributed by atoms with van der Waals surface area (Å²) in [4.78, 5) is 13.1. The van der Waals surface area contributed by atoms with Gasteiger partial charge in [0.2, 0.25) is 5.91 Å². The Morgan fingerprint density at radius 2 is 1.65 bits per heavy atom. The molecular formula is C36H51NO5S. The van der Waals surface area contributed by atoms with E-state index in [1.165, 1.54) is 0 Å². The molecule has 2 aromatic rings. The van der Waals surface area contributed by atoms with E-state index < -0.39 is 15.9 Å². The van der Waals surface area contributed by atoms with Crippen molar-refractivity contribution >= 4 is 26.7 Å². The maximum Gasteiger partial charge on any atom is 0.264 e. The topological polar surface area (TPSA) is 104 Å². The van der Waals surface area contributed by atoms with Gasteiger partial charge in [0.1, 0.15) is 0 Å². The van der Waals surface area contributed by atoms with E-state index >= 15 is 0 Å². The number of hydrogen-bond donors (Lipinski definition) is 3. The number of benzene rings is 2. The van der Waals surface area contributed by atoms with Crippen molar-refractivity contribution in [3.63, 3.8) is 0 Å². The van der Waals surface area contributed by atoms with Crippen molar-refractivity contribution in [1.29, 1.82) is 0 Å². The minimum atomic E-state index is -3.97. The number of aliphatic hydroxyl groups is 2. The second-order valence-corrected chi connectivity index (χ2v) is 16.8. The molecule has 0 heterocycles. The van der Waals surface area contributed by atoms with E-state index in [4.69, 9.17) is 0 Å². The molecular weight excluding hydrogens is 558 g/mol. The molecule has 6 rings (SSSR count). The number of aliphatic hydroxyl groups excluding tert-OH is 2. The number of fused-ring (bicyclic) bond motifs is 6. The number of carbonyl (C=O) groups is 1. The van der Waals surface area contributed by atoms with Crippen LogP contribution in [0.3, 0.4) is 0 Å². The first-order valence-electron chi connectivity index (χ1n) is 16.8. The van der Waals surface area contributed by atoms with Crippen LogP contribution in [0, 0.1) is 52.3 Å². The SMILES string of the molecule is CC[C@@H]1C2C[C@H](O)CCC2(C)[C@H]2CCC3(C)C([C@H](C)CCC(=O)NS(=O)(=O)c4cccc5ccccc45)CC[C@H]3[C@@H]2[C@@H]1O. The van der Waals surface area contributed by atoms with Crippen LogP contribution in [0.2, 0.25) is 0 Å². The summed E-state index contributed by atoms with van der Waals surface area (Å²) >= 11 is 0. The monoisotopic (exact) mass is 609 g/mol. The first-order chi connectivity index (χ1) is 20.4. The fraction of sp³-hybridized carbons (Fsp3) is 0.694. The summed E-state index contributed by atoms with van der Waals surface area (Å²) in [5.41, 5.74) is 0.297. The van der Waals surface area contributed by atoms with Gasteiger partial charge in [-0.25, -0.2) is 13.1 Å². The Morgan fingerprint density at radius 3 is 2.42 bits per heavy atom. The molecule has 0 aromatic heterocycles. The lowest BCUT2D eigenvalue weighted by atomic mass is 9.41. The summed E-state index contributed by atoms with van der Waals surface area (Å²) in [6, 6.07) is 12.4. The molecule has 7 heteroatoms. The molecule has 43 heavy (non-hydrogen) atoms.